The normalized spacial score (nSPS) is 23.7. The van der Waals surface area contributed by atoms with Crippen LogP contribution < -0.4 is 0 Å². The molecule has 0 aliphatic carbocycles. The predicted octanol–water partition coefficient (Wildman–Crippen LogP) is 0.906. The number of aryl methyl sites for hydroxylation is 1. The van der Waals surface area contributed by atoms with E-state index in [-0.39, 0.29) is 24.4 Å². The summed E-state index contributed by atoms with van der Waals surface area (Å²) in [4.78, 5) is 38.9. The molecule has 122 valence electrons. The molecule has 0 unspecified atom stereocenters. The van der Waals surface area contributed by atoms with Gasteiger partial charge in [-0.25, -0.2) is 4.79 Å². The van der Waals surface area contributed by atoms with Crippen LogP contribution in [0.5, 0.6) is 0 Å². The summed E-state index contributed by atoms with van der Waals surface area (Å²) in [7, 11) is 0. The van der Waals surface area contributed by atoms with Crippen molar-refractivity contribution in [1.29, 1.82) is 0 Å². The molecule has 2 aliphatic heterocycles. The van der Waals surface area contributed by atoms with Gasteiger partial charge in [-0.3, -0.25) is 9.59 Å². The fraction of sp³-hybridized carbons (Fsp3) is 0.471. The zero-order valence-electron chi connectivity index (χ0n) is 12.9. The number of carboxylic acid groups (broad SMARTS) is 1. The summed E-state index contributed by atoms with van der Waals surface area (Å²) < 4.78 is 0. The van der Waals surface area contributed by atoms with Crippen molar-refractivity contribution in [3.8, 4) is 0 Å². The van der Waals surface area contributed by atoms with Gasteiger partial charge in [0.15, 0.2) is 0 Å². The Morgan fingerprint density at radius 3 is 2.61 bits per heavy atom. The molecule has 2 saturated heterocycles. The number of aliphatic carboxylic acids is 1. The van der Waals surface area contributed by atoms with Gasteiger partial charge in [0.2, 0.25) is 11.8 Å². The molecule has 0 aromatic heterocycles. The molecule has 23 heavy (non-hydrogen) atoms. The van der Waals surface area contributed by atoms with Crippen molar-refractivity contribution in [1.82, 2.24) is 9.80 Å². The maximum atomic E-state index is 12.4. The maximum absolute atomic E-state index is 12.4. The first-order valence-corrected chi connectivity index (χ1v) is 7.92. The zero-order chi connectivity index (χ0) is 16.4. The number of fused-ring (bicyclic) bond motifs is 1. The average Bonchev–Trinajstić information content (AvgIpc) is 2.98. The van der Waals surface area contributed by atoms with Crippen LogP contribution in [-0.2, 0) is 20.8 Å². The molecule has 1 aromatic carbocycles. The molecule has 6 nitrogen and oxygen atoms in total. The van der Waals surface area contributed by atoms with E-state index >= 15 is 0 Å². The molecular formula is C17H20N2O4. The minimum absolute atomic E-state index is 0.00605. The number of rotatable bonds is 4. The lowest BCUT2D eigenvalue weighted by Gasteiger charge is -2.38. The number of nitrogens with zero attached hydrogens (tertiary/aromatic N) is 2. The quantitative estimate of drug-likeness (QED) is 0.895. The second kappa shape index (κ2) is 6.40. The molecule has 1 aromatic rings. The third kappa shape index (κ3) is 3.21. The summed E-state index contributed by atoms with van der Waals surface area (Å²) in [5.74, 6) is -1.25. The molecule has 3 rings (SSSR count). The number of amides is 2. The van der Waals surface area contributed by atoms with E-state index in [4.69, 9.17) is 0 Å². The van der Waals surface area contributed by atoms with Crippen LogP contribution in [-0.4, -0.2) is 57.9 Å². The maximum Gasteiger partial charge on any atom is 0.326 e. The smallest absolute Gasteiger partial charge is 0.326 e. The van der Waals surface area contributed by atoms with Gasteiger partial charge in [-0.15, -0.1) is 0 Å². The number of carboxylic acids is 1. The van der Waals surface area contributed by atoms with Crippen molar-refractivity contribution in [2.75, 3.05) is 13.1 Å². The summed E-state index contributed by atoms with van der Waals surface area (Å²) in [6.45, 7) is 0.442. The fourth-order valence-corrected chi connectivity index (χ4v) is 3.49. The molecule has 0 saturated carbocycles. The van der Waals surface area contributed by atoms with Crippen molar-refractivity contribution in [2.24, 2.45) is 0 Å². The molecule has 2 heterocycles. The van der Waals surface area contributed by atoms with Gasteiger partial charge < -0.3 is 14.9 Å². The van der Waals surface area contributed by atoms with Crippen molar-refractivity contribution < 1.29 is 19.5 Å². The molecular weight excluding hydrogens is 296 g/mol. The van der Waals surface area contributed by atoms with Crippen molar-refractivity contribution in [3.63, 3.8) is 0 Å². The Morgan fingerprint density at radius 2 is 1.91 bits per heavy atom. The highest BCUT2D eigenvalue weighted by Crippen LogP contribution is 2.28. The van der Waals surface area contributed by atoms with Gasteiger partial charge >= 0.3 is 5.97 Å². The minimum Gasteiger partial charge on any atom is -0.480 e. The summed E-state index contributed by atoms with van der Waals surface area (Å²) in [5.41, 5.74) is 1.10. The highest BCUT2D eigenvalue weighted by Gasteiger charge is 2.45. The lowest BCUT2D eigenvalue weighted by Crippen LogP contribution is -2.58. The van der Waals surface area contributed by atoms with Crippen LogP contribution in [0.25, 0.3) is 0 Å². The first-order valence-electron chi connectivity index (χ1n) is 7.92. The van der Waals surface area contributed by atoms with E-state index in [2.05, 4.69) is 0 Å². The van der Waals surface area contributed by atoms with Gasteiger partial charge in [-0.1, -0.05) is 30.3 Å². The van der Waals surface area contributed by atoms with E-state index in [0.717, 1.165) is 5.56 Å². The first kappa shape index (κ1) is 15.5. The summed E-state index contributed by atoms with van der Waals surface area (Å²) >= 11 is 0. The Morgan fingerprint density at radius 1 is 1.17 bits per heavy atom. The molecule has 0 spiro atoms. The second-order valence-electron chi connectivity index (χ2n) is 6.15. The Labute approximate surface area is 134 Å². The Balaban J connectivity index is 1.59. The number of hydrogen-bond acceptors (Lipinski definition) is 3. The van der Waals surface area contributed by atoms with E-state index < -0.39 is 12.0 Å². The third-order valence-corrected chi connectivity index (χ3v) is 4.66. The van der Waals surface area contributed by atoms with E-state index in [0.29, 0.717) is 32.2 Å². The van der Waals surface area contributed by atoms with Crippen LogP contribution >= 0.6 is 0 Å². The van der Waals surface area contributed by atoms with Crippen LogP contribution in [0.1, 0.15) is 24.8 Å². The van der Waals surface area contributed by atoms with E-state index in [1.807, 2.05) is 30.3 Å². The van der Waals surface area contributed by atoms with Crippen LogP contribution in [0.4, 0.5) is 0 Å². The largest absolute Gasteiger partial charge is 0.480 e. The standard InChI is InChI=1S/C17H20N2O4/c20-15(9-6-12-4-2-1-3-5-12)18-10-13-7-8-14(17(22)23)19(13)16(21)11-18/h1-5,13-14H,6-11H2,(H,22,23)/t13-,14-/m0/s1. The number of carbonyl (C=O) groups excluding carboxylic acids is 2. The van der Waals surface area contributed by atoms with Crippen molar-refractivity contribution >= 4 is 17.8 Å². The van der Waals surface area contributed by atoms with Crippen LogP contribution in [0.2, 0.25) is 0 Å². The fourth-order valence-electron chi connectivity index (χ4n) is 3.49. The summed E-state index contributed by atoms with van der Waals surface area (Å²) in [6, 6.07) is 8.88. The van der Waals surface area contributed by atoms with Crippen molar-refractivity contribution in [2.45, 2.75) is 37.8 Å². The van der Waals surface area contributed by atoms with Gasteiger partial charge in [-0.05, 0) is 24.8 Å². The lowest BCUT2D eigenvalue weighted by atomic mass is 10.1. The third-order valence-electron chi connectivity index (χ3n) is 4.66. The van der Waals surface area contributed by atoms with E-state index in [9.17, 15) is 19.5 Å². The average molecular weight is 316 g/mol. The Hall–Kier alpha value is -2.37. The zero-order valence-corrected chi connectivity index (χ0v) is 12.9. The number of piperazine rings is 1. The summed E-state index contributed by atoms with van der Waals surface area (Å²) in [5, 5.41) is 9.18. The molecule has 2 aliphatic rings. The van der Waals surface area contributed by atoms with Crippen LogP contribution in [0.15, 0.2) is 30.3 Å². The number of benzene rings is 1. The van der Waals surface area contributed by atoms with Gasteiger partial charge in [0.25, 0.3) is 0 Å². The predicted molar refractivity (Wildman–Crippen MR) is 82.6 cm³/mol. The molecule has 2 atom stereocenters. The SMILES string of the molecule is O=C(O)[C@@H]1CC[C@H]2CN(C(=O)CCc3ccccc3)CC(=O)N21. The molecule has 6 heteroatoms. The number of carbonyl (C=O) groups is 3. The number of hydrogen-bond donors (Lipinski definition) is 1. The Bertz CT molecular complexity index is 616. The van der Waals surface area contributed by atoms with Gasteiger partial charge in [0.05, 0.1) is 12.6 Å². The molecule has 1 N–H and O–H groups in total. The molecule has 2 amide bonds. The Kier molecular flexibility index (Phi) is 4.32. The van der Waals surface area contributed by atoms with Gasteiger partial charge in [0.1, 0.15) is 6.04 Å². The van der Waals surface area contributed by atoms with Gasteiger partial charge in [0, 0.05) is 13.0 Å². The summed E-state index contributed by atoms with van der Waals surface area (Å²) in [6.07, 6.45) is 2.13. The first-order chi connectivity index (χ1) is 11.1. The lowest BCUT2D eigenvalue weighted by molar-refractivity contribution is -0.155. The second-order valence-corrected chi connectivity index (χ2v) is 6.15. The minimum atomic E-state index is -0.954. The monoisotopic (exact) mass is 316 g/mol. The van der Waals surface area contributed by atoms with Crippen molar-refractivity contribution in [3.05, 3.63) is 35.9 Å². The van der Waals surface area contributed by atoms with E-state index in [1.54, 1.807) is 4.90 Å². The topological polar surface area (TPSA) is 77.9 Å². The highest BCUT2D eigenvalue weighted by atomic mass is 16.4. The van der Waals surface area contributed by atoms with Crippen LogP contribution in [0, 0.1) is 0 Å². The van der Waals surface area contributed by atoms with Crippen LogP contribution in [0.3, 0.4) is 0 Å². The molecule has 2 fully saturated rings. The molecule has 0 bridgehead atoms. The molecule has 0 radical (unpaired) electrons. The van der Waals surface area contributed by atoms with Gasteiger partial charge in [-0.2, -0.15) is 0 Å². The van der Waals surface area contributed by atoms with E-state index in [1.165, 1.54) is 4.90 Å². The highest BCUT2D eigenvalue weighted by molar-refractivity contribution is 5.90.